The first-order chi connectivity index (χ1) is 23.2. The number of nitrogens with two attached hydrogens (primary N) is 1. The fourth-order valence-corrected chi connectivity index (χ4v) is 7.44. The summed E-state index contributed by atoms with van der Waals surface area (Å²) in [6.45, 7) is 10.8. The van der Waals surface area contributed by atoms with E-state index in [0.29, 0.717) is 30.1 Å². The number of aromatic nitrogens is 3. The van der Waals surface area contributed by atoms with Crippen molar-refractivity contribution in [2.24, 2.45) is 11.7 Å². The summed E-state index contributed by atoms with van der Waals surface area (Å²) in [7, 11) is 0. The average Bonchev–Trinajstić information content (AvgIpc) is 3.42. The predicted molar refractivity (Wildman–Crippen MR) is 188 cm³/mol. The molecule has 4 N–H and O–H groups in total. The van der Waals surface area contributed by atoms with Crippen LogP contribution in [0.4, 0.5) is 17.3 Å². The second-order valence-electron chi connectivity index (χ2n) is 13.6. The fraction of sp³-hybridized carbons (Fsp3) is 0.486. The van der Waals surface area contributed by atoms with Gasteiger partial charge in [-0.3, -0.25) is 19.7 Å². The number of primary amides is 1. The summed E-state index contributed by atoms with van der Waals surface area (Å²) < 4.78 is 2.32. The monoisotopic (exact) mass is 652 g/mol. The molecule has 1 aromatic carbocycles. The number of likely N-dealkylation sites (tertiary alicyclic amines) is 1. The molecule has 0 atom stereocenters. The lowest BCUT2D eigenvalue weighted by Gasteiger charge is -2.41. The van der Waals surface area contributed by atoms with E-state index in [2.05, 4.69) is 73.1 Å². The minimum Gasteiger partial charge on any atom is -0.364 e. The number of piperidine rings is 2. The lowest BCUT2D eigenvalue weighted by atomic mass is 9.79. The van der Waals surface area contributed by atoms with Crippen LogP contribution in [0.25, 0.3) is 12.7 Å². The quantitative estimate of drug-likeness (QED) is 0.286. The number of benzene rings is 1. The zero-order valence-corrected chi connectivity index (χ0v) is 28.0. The SMILES string of the molecule is C=c1ccn(C2CC(CN3CCC(c4ccc(Nc5nc(N6CCCCC6)cnc5C(N)=O)cc4)CC3)C2)/c1=C/CCC(=O)NC(C)=O. The Morgan fingerprint density at radius 2 is 1.75 bits per heavy atom. The second kappa shape index (κ2) is 15.1. The molecule has 0 bridgehead atoms. The molecule has 48 heavy (non-hydrogen) atoms. The Bertz CT molecular complexity index is 1720. The van der Waals surface area contributed by atoms with Gasteiger partial charge in [0.05, 0.1) is 6.20 Å². The standard InChI is InChI=1S/C37H48N8O3/c1-25-13-20-45(32(25)7-6-8-34(47)40-26(2)46)31-21-27(22-31)24-43-18-14-29(15-19-43)28-9-11-30(12-10-28)41-37-35(36(38)48)39-23-33(42-37)44-16-4-3-5-17-44/h7,9-13,20,23,27,29,31H,1,3-6,8,14-19,21-22,24H2,2H3,(H2,38,48)(H,41,42)(H,40,46,47)/b32-7+. The molecule has 254 valence electrons. The maximum Gasteiger partial charge on any atom is 0.271 e. The number of anilines is 3. The normalized spacial score (nSPS) is 20.7. The Balaban J connectivity index is 0.975. The average molecular weight is 653 g/mol. The molecule has 4 heterocycles. The van der Waals surface area contributed by atoms with E-state index >= 15 is 0 Å². The molecule has 0 unspecified atom stereocenters. The van der Waals surface area contributed by atoms with E-state index in [1.165, 1.54) is 18.9 Å². The van der Waals surface area contributed by atoms with Gasteiger partial charge in [0, 0.05) is 56.3 Å². The van der Waals surface area contributed by atoms with Crippen LogP contribution in [0.3, 0.4) is 0 Å². The van der Waals surface area contributed by atoms with Crippen molar-refractivity contribution in [1.82, 2.24) is 24.8 Å². The molecule has 3 amide bonds. The Hall–Kier alpha value is -4.51. The summed E-state index contributed by atoms with van der Waals surface area (Å²) in [5.41, 5.74) is 7.97. The van der Waals surface area contributed by atoms with Gasteiger partial charge in [0.1, 0.15) is 5.82 Å². The van der Waals surface area contributed by atoms with Crippen molar-refractivity contribution in [3.05, 3.63) is 64.6 Å². The molecular weight excluding hydrogens is 604 g/mol. The van der Waals surface area contributed by atoms with Crippen molar-refractivity contribution in [3.63, 3.8) is 0 Å². The maximum atomic E-state index is 12.1. The summed E-state index contributed by atoms with van der Waals surface area (Å²) in [6.07, 6.45) is 14.8. The Morgan fingerprint density at radius 3 is 2.44 bits per heavy atom. The lowest BCUT2D eigenvalue weighted by molar-refractivity contribution is -0.129. The number of carbonyl (C=O) groups excluding carboxylic acids is 3. The van der Waals surface area contributed by atoms with Crippen LogP contribution < -0.4 is 31.8 Å². The van der Waals surface area contributed by atoms with E-state index in [9.17, 15) is 14.4 Å². The minimum absolute atomic E-state index is 0.150. The smallest absolute Gasteiger partial charge is 0.271 e. The highest BCUT2D eigenvalue weighted by atomic mass is 16.2. The largest absolute Gasteiger partial charge is 0.364 e. The van der Waals surface area contributed by atoms with Gasteiger partial charge in [-0.1, -0.05) is 24.8 Å². The van der Waals surface area contributed by atoms with E-state index in [4.69, 9.17) is 10.7 Å². The van der Waals surface area contributed by atoms with Gasteiger partial charge in [-0.2, -0.15) is 0 Å². The third-order valence-electron chi connectivity index (χ3n) is 10.1. The van der Waals surface area contributed by atoms with E-state index in [0.717, 1.165) is 93.3 Å². The van der Waals surface area contributed by atoms with Crippen molar-refractivity contribution in [2.75, 3.05) is 42.9 Å². The number of amides is 3. The minimum atomic E-state index is -0.596. The Labute approximate surface area is 282 Å². The summed E-state index contributed by atoms with van der Waals surface area (Å²) in [5, 5.41) is 7.70. The van der Waals surface area contributed by atoms with Crippen molar-refractivity contribution in [3.8, 4) is 0 Å². The molecule has 2 aromatic heterocycles. The molecule has 3 aromatic rings. The van der Waals surface area contributed by atoms with Crippen LogP contribution in [-0.2, 0) is 9.59 Å². The van der Waals surface area contributed by atoms with Crippen molar-refractivity contribution >= 4 is 47.7 Å². The van der Waals surface area contributed by atoms with Crippen LogP contribution in [0.1, 0.15) is 92.7 Å². The third kappa shape index (κ3) is 8.13. The van der Waals surface area contributed by atoms with Gasteiger partial charge < -0.3 is 25.4 Å². The van der Waals surface area contributed by atoms with E-state index in [1.807, 2.05) is 6.07 Å². The molecule has 2 aliphatic heterocycles. The summed E-state index contributed by atoms with van der Waals surface area (Å²) >= 11 is 0. The highest BCUT2D eigenvalue weighted by molar-refractivity contribution is 5.96. The molecule has 3 fully saturated rings. The number of hydrogen-bond donors (Lipinski definition) is 3. The topological polar surface area (TPSA) is 138 Å². The first kappa shape index (κ1) is 33.4. The van der Waals surface area contributed by atoms with Gasteiger partial charge in [-0.05, 0) is 105 Å². The summed E-state index contributed by atoms with van der Waals surface area (Å²) in [6, 6.07) is 11.0. The van der Waals surface area contributed by atoms with Crippen molar-refractivity contribution in [1.29, 1.82) is 0 Å². The molecule has 11 heteroatoms. The molecule has 2 saturated heterocycles. The van der Waals surface area contributed by atoms with E-state index < -0.39 is 5.91 Å². The van der Waals surface area contributed by atoms with Crippen LogP contribution >= 0.6 is 0 Å². The Kier molecular flexibility index (Phi) is 10.5. The first-order valence-electron chi connectivity index (χ1n) is 17.4. The summed E-state index contributed by atoms with van der Waals surface area (Å²) in [5.74, 6) is 1.22. The number of nitrogens with one attached hydrogen (secondary N) is 2. The van der Waals surface area contributed by atoms with Crippen LogP contribution in [-0.4, -0.2) is 69.9 Å². The van der Waals surface area contributed by atoms with Gasteiger partial charge in [0.15, 0.2) is 11.5 Å². The first-order valence-corrected chi connectivity index (χ1v) is 17.4. The number of hydrogen-bond acceptors (Lipinski definition) is 8. The van der Waals surface area contributed by atoms with Crippen LogP contribution in [0, 0.1) is 5.92 Å². The molecular formula is C37H48N8O3. The third-order valence-corrected chi connectivity index (χ3v) is 10.1. The molecule has 0 radical (unpaired) electrons. The molecule has 3 aliphatic rings. The van der Waals surface area contributed by atoms with Gasteiger partial charge in [0.2, 0.25) is 11.8 Å². The molecule has 0 spiro atoms. The number of imide groups is 1. The van der Waals surface area contributed by atoms with Crippen molar-refractivity contribution < 1.29 is 14.4 Å². The molecule has 6 rings (SSSR count). The highest BCUT2D eigenvalue weighted by Gasteiger charge is 2.33. The van der Waals surface area contributed by atoms with Crippen LogP contribution in [0.5, 0.6) is 0 Å². The predicted octanol–water partition coefficient (Wildman–Crippen LogP) is 3.58. The van der Waals surface area contributed by atoms with Gasteiger partial charge in [-0.15, -0.1) is 0 Å². The lowest BCUT2D eigenvalue weighted by Crippen LogP contribution is -2.43. The van der Waals surface area contributed by atoms with Gasteiger partial charge >= 0.3 is 0 Å². The zero-order valence-electron chi connectivity index (χ0n) is 28.0. The van der Waals surface area contributed by atoms with Gasteiger partial charge in [0.25, 0.3) is 5.91 Å². The molecule has 11 nitrogen and oxygen atoms in total. The molecule has 1 aliphatic carbocycles. The Morgan fingerprint density at radius 1 is 1.02 bits per heavy atom. The second-order valence-corrected chi connectivity index (χ2v) is 13.6. The summed E-state index contributed by atoms with van der Waals surface area (Å²) in [4.78, 5) is 49.0. The van der Waals surface area contributed by atoms with E-state index in [-0.39, 0.29) is 23.9 Å². The highest BCUT2D eigenvalue weighted by Crippen LogP contribution is 2.38. The molecule has 1 saturated carbocycles. The number of carbonyl (C=O) groups is 3. The maximum absolute atomic E-state index is 12.1. The van der Waals surface area contributed by atoms with Crippen LogP contribution in [0.2, 0.25) is 0 Å². The van der Waals surface area contributed by atoms with E-state index in [1.54, 1.807) is 6.20 Å². The number of nitrogens with zero attached hydrogens (tertiary/aromatic N) is 5. The number of rotatable bonds is 11. The fourth-order valence-electron chi connectivity index (χ4n) is 7.44. The van der Waals surface area contributed by atoms with Gasteiger partial charge in [-0.25, -0.2) is 9.97 Å². The van der Waals surface area contributed by atoms with Crippen LogP contribution in [0.15, 0.2) is 42.7 Å². The zero-order chi connectivity index (χ0) is 33.6. The van der Waals surface area contributed by atoms with Crippen molar-refractivity contribution in [2.45, 2.75) is 76.7 Å².